The summed E-state index contributed by atoms with van der Waals surface area (Å²) in [5, 5.41) is 3.32. The molecule has 0 aliphatic carbocycles. The van der Waals surface area contributed by atoms with E-state index >= 15 is 0 Å². The minimum atomic E-state index is -0.226. The maximum Gasteiger partial charge on any atom is 0.144 e. The highest BCUT2D eigenvalue weighted by Gasteiger charge is 2.28. The van der Waals surface area contributed by atoms with Crippen molar-refractivity contribution in [3.05, 3.63) is 51.9 Å². The minimum absolute atomic E-state index is 0.226. The highest BCUT2D eigenvalue weighted by Crippen LogP contribution is 2.32. The summed E-state index contributed by atoms with van der Waals surface area (Å²) in [4.78, 5) is 9.53. The second-order valence-corrected chi connectivity index (χ2v) is 6.32. The normalized spacial score (nSPS) is 11.5. The first-order valence-corrected chi connectivity index (χ1v) is 8.16. The molecular weight excluding hydrogens is 326 g/mol. The van der Waals surface area contributed by atoms with Gasteiger partial charge in [0.15, 0.2) is 0 Å². The van der Waals surface area contributed by atoms with Crippen LogP contribution in [0.3, 0.4) is 0 Å². The monoisotopic (exact) mass is 347 g/mol. The van der Waals surface area contributed by atoms with Crippen LogP contribution in [0.25, 0.3) is 0 Å². The Kier molecular flexibility index (Phi) is 4.99. The molecule has 0 aliphatic heterocycles. The first kappa shape index (κ1) is 16.0. The largest absolute Gasteiger partial charge is 0.369 e. The highest BCUT2D eigenvalue weighted by atomic mass is 79.9. The molecule has 0 bridgehead atoms. The van der Waals surface area contributed by atoms with E-state index in [-0.39, 0.29) is 5.41 Å². The van der Waals surface area contributed by atoms with Crippen molar-refractivity contribution >= 4 is 21.7 Å². The third kappa shape index (κ3) is 3.26. The number of anilines is 1. The van der Waals surface area contributed by atoms with Gasteiger partial charge in [-0.2, -0.15) is 0 Å². The van der Waals surface area contributed by atoms with Crippen LogP contribution in [0.2, 0.25) is 0 Å². The molecule has 1 aromatic carbocycles. The van der Waals surface area contributed by atoms with Gasteiger partial charge in [-0.15, -0.1) is 0 Å². The van der Waals surface area contributed by atoms with Crippen LogP contribution in [0.4, 0.5) is 5.82 Å². The molecule has 0 unspecified atom stereocenters. The Labute approximate surface area is 135 Å². The third-order valence-electron chi connectivity index (χ3n) is 3.65. The number of aromatic nitrogens is 2. The van der Waals surface area contributed by atoms with E-state index in [1.165, 1.54) is 5.56 Å². The average molecular weight is 348 g/mol. The lowest BCUT2D eigenvalue weighted by Gasteiger charge is -2.25. The van der Waals surface area contributed by atoms with Crippen LogP contribution in [0, 0.1) is 0 Å². The van der Waals surface area contributed by atoms with Gasteiger partial charge in [0.25, 0.3) is 0 Å². The van der Waals surface area contributed by atoms with E-state index < -0.39 is 0 Å². The van der Waals surface area contributed by atoms with Crippen LogP contribution < -0.4 is 5.32 Å². The fourth-order valence-electron chi connectivity index (χ4n) is 2.28. The lowest BCUT2D eigenvalue weighted by Crippen LogP contribution is -2.24. The molecule has 1 heterocycles. The van der Waals surface area contributed by atoms with Crippen LogP contribution in [-0.2, 0) is 11.8 Å². The van der Waals surface area contributed by atoms with Gasteiger partial charge < -0.3 is 5.32 Å². The Morgan fingerprint density at radius 1 is 1.10 bits per heavy atom. The third-order valence-corrected chi connectivity index (χ3v) is 4.49. The van der Waals surface area contributed by atoms with Gasteiger partial charge in [-0.1, -0.05) is 37.3 Å². The SMILES string of the molecule is CCNc1nc(C(C)(C)c2ccccc2)nc(CC)c1Br. The molecule has 1 aromatic heterocycles. The second-order valence-electron chi connectivity index (χ2n) is 5.53. The van der Waals surface area contributed by atoms with Crippen molar-refractivity contribution in [2.75, 3.05) is 11.9 Å². The maximum absolute atomic E-state index is 4.78. The van der Waals surface area contributed by atoms with Gasteiger partial charge in [-0.05, 0) is 48.7 Å². The quantitative estimate of drug-likeness (QED) is 0.861. The molecule has 0 spiro atoms. The molecule has 0 saturated heterocycles. The lowest BCUT2D eigenvalue weighted by molar-refractivity contribution is 0.585. The van der Waals surface area contributed by atoms with E-state index in [4.69, 9.17) is 9.97 Å². The van der Waals surface area contributed by atoms with Crippen molar-refractivity contribution in [2.45, 2.75) is 39.5 Å². The number of aryl methyl sites for hydroxylation is 1. The van der Waals surface area contributed by atoms with E-state index in [1.54, 1.807) is 0 Å². The zero-order chi connectivity index (χ0) is 15.5. The molecule has 0 fully saturated rings. The zero-order valence-corrected chi connectivity index (χ0v) is 14.7. The molecule has 0 aliphatic rings. The summed E-state index contributed by atoms with van der Waals surface area (Å²) in [6, 6.07) is 10.4. The van der Waals surface area contributed by atoms with Crippen LogP contribution in [-0.4, -0.2) is 16.5 Å². The molecule has 112 valence electrons. The molecule has 3 nitrogen and oxygen atoms in total. The topological polar surface area (TPSA) is 37.8 Å². The Balaban J connectivity index is 2.55. The van der Waals surface area contributed by atoms with Crippen molar-refractivity contribution in [2.24, 2.45) is 0 Å². The second kappa shape index (κ2) is 6.56. The number of halogens is 1. The average Bonchev–Trinajstić information content (AvgIpc) is 2.50. The molecule has 0 radical (unpaired) electrons. The molecule has 1 N–H and O–H groups in total. The highest BCUT2D eigenvalue weighted by molar-refractivity contribution is 9.10. The standard InChI is InChI=1S/C17H22BrN3/c1-5-13-14(18)15(19-6-2)21-16(20-13)17(3,4)12-10-8-7-9-11-12/h7-11H,5-6H2,1-4H3,(H,19,20,21). The van der Waals surface area contributed by atoms with Crippen molar-refractivity contribution in [3.63, 3.8) is 0 Å². The number of nitrogens with one attached hydrogen (secondary N) is 1. The first-order chi connectivity index (χ1) is 10.0. The van der Waals surface area contributed by atoms with E-state index in [0.29, 0.717) is 0 Å². The van der Waals surface area contributed by atoms with Gasteiger partial charge in [0.05, 0.1) is 10.2 Å². The van der Waals surface area contributed by atoms with E-state index in [1.807, 2.05) is 6.07 Å². The fourth-order valence-corrected chi connectivity index (χ4v) is 2.87. The van der Waals surface area contributed by atoms with Crippen molar-refractivity contribution in [1.29, 1.82) is 0 Å². The van der Waals surface area contributed by atoms with Crippen molar-refractivity contribution < 1.29 is 0 Å². The summed E-state index contributed by atoms with van der Waals surface area (Å²) < 4.78 is 0.972. The van der Waals surface area contributed by atoms with Crippen LogP contribution in [0.15, 0.2) is 34.8 Å². The van der Waals surface area contributed by atoms with E-state index in [2.05, 4.69) is 73.2 Å². The molecule has 0 saturated carbocycles. The summed E-state index contributed by atoms with van der Waals surface area (Å²) in [7, 11) is 0. The number of rotatable bonds is 5. The van der Waals surface area contributed by atoms with Gasteiger partial charge in [0.1, 0.15) is 11.6 Å². The van der Waals surface area contributed by atoms with Crippen molar-refractivity contribution in [1.82, 2.24) is 9.97 Å². The molecule has 0 atom stereocenters. The molecule has 4 heteroatoms. The van der Waals surface area contributed by atoms with Gasteiger partial charge >= 0.3 is 0 Å². The Bertz CT molecular complexity index is 609. The maximum atomic E-state index is 4.78. The van der Waals surface area contributed by atoms with Gasteiger partial charge in [-0.25, -0.2) is 9.97 Å². The summed E-state index contributed by atoms with van der Waals surface area (Å²) in [5.41, 5.74) is 2.03. The van der Waals surface area contributed by atoms with Gasteiger partial charge in [0.2, 0.25) is 0 Å². The van der Waals surface area contributed by atoms with Crippen LogP contribution in [0.1, 0.15) is 44.8 Å². The number of hydrogen-bond donors (Lipinski definition) is 1. The van der Waals surface area contributed by atoms with Gasteiger partial charge in [0, 0.05) is 12.0 Å². The van der Waals surface area contributed by atoms with E-state index in [0.717, 1.165) is 34.8 Å². The summed E-state index contributed by atoms with van der Waals surface area (Å²) in [6.07, 6.45) is 0.874. The predicted molar refractivity (Wildman–Crippen MR) is 91.8 cm³/mol. The first-order valence-electron chi connectivity index (χ1n) is 7.37. The summed E-state index contributed by atoms with van der Waals surface area (Å²) in [6.45, 7) is 9.36. The summed E-state index contributed by atoms with van der Waals surface area (Å²) >= 11 is 3.61. The molecule has 2 aromatic rings. The van der Waals surface area contributed by atoms with Gasteiger partial charge in [-0.3, -0.25) is 0 Å². The molecular formula is C17H22BrN3. The smallest absolute Gasteiger partial charge is 0.144 e. The lowest BCUT2D eigenvalue weighted by atomic mass is 9.83. The molecule has 2 rings (SSSR count). The number of benzene rings is 1. The number of nitrogens with zero attached hydrogens (tertiary/aromatic N) is 2. The van der Waals surface area contributed by atoms with Crippen LogP contribution in [0.5, 0.6) is 0 Å². The Morgan fingerprint density at radius 2 is 1.76 bits per heavy atom. The Morgan fingerprint density at radius 3 is 2.33 bits per heavy atom. The van der Waals surface area contributed by atoms with Crippen molar-refractivity contribution in [3.8, 4) is 0 Å². The minimum Gasteiger partial charge on any atom is -0.369 e. The number of hydrogen-bond acceptors (Lipinski definition) is 3. The van der Waals surface area contributed by atoms with Crippen LogP contribution >= 0.6 is 15.9 Å². The van der Waals surface area contributed by atoms with E-state index in [9.17, 15) is 0 Å². The molecule has 21 heavy (non-hydrogen) atoms. The predicted octanol–water partition coefficient (Wildman–Crippen LogP) is 4.56. The zero-order valence-electron chi connectivity index (χ0n) is 13.1. The Hall–Kier alpha value is -1.42. The summed E-state index contributed by atoms with van der Waals surface area (Å²) in [5.74, 6) is 1.73. The molecule has 0 amide bonds. The fraction of sp³-hybridized carbons (Fsp3) is 0.412.